The summed E-state index contributed by atoms with van der Waals surface area (Å²) in [5, 5.41) is 13.1. The standard InChI is InChI=1S/C12H18N6O3.2BrH/c13-10(2-1-7-16-12(14)15)11(19)17-8-3-5-9(6-4-8)18(20)21;;/h3-6,10H,1-2,7,13H2,(H,17,19)(H4,14,15,16);2*1H. The molecule has 0 saturated heterocycles. The van der Waals surface area contributed by atoms with Gasteiger partial charge in [0.2, 0.25) is 5.91 Å². The number of nitrogens with zero attached hydrogens (tertiary/aromatic N) is 2. The van der Waals surface area contributed by atoms with Gasteiger partial charge >= 0.3 is 0 Å². The number of carbonyl (C=O) groups excluding carboxylic acids is 1. The summed E-state index contributed by atoms with van der Waals surface area (Å²) in [7, 11) is 0. The Balaban J connectivity index is 0. The van der Waals surface area contributed by atoms with E-state index in [1.807, 2.05) is 0 Å². The summed E-state index contributed by atoms with van der Waals surface area (Å²) in [6.45, 7) is 0.404. The number of halogens is 2. The van der Waals surface area contributed by atoms with Crippen LogP contribution < -0.4 is 22.5 Å². The normalized spacial score (nSPS) is 10.5. The van der Waals surface area contributed by atoms with E-state index < -0.39 is 11.0 Å². The van der Waals surface area contributed by atoms with Gasteiger partial charge < -0.3 is 22.5 Å². The molecule has 0 aromatic heterocycles. The molecule has 1 atom stereocenters. The Hall–Kier alpha value is -1.72. The van der Waals surface area contributed by atoms with Gasteiger partial charge in [0.05, 0.1) is 11.0 Å². The third-order valence-electron chi connectivity index (χ3n) is 2.65. The van der Waals surface area contributed by atoms with Gasteiger partial charge in [0.15, 0.2) is 5.96 Å². The smallest absolute Gasteiger partial charge is 0.269 e. The van der Waals surface area contributed by atoms with Crippen molar-refractivity contribution in [2.24, 2.45) is 22.2 Å². The van der Waals surface area contributed by atoms with Gasteiger partial charge in [-0.25, -0.2) is 0 Å². The first-order chi connectivity index (χ1) is 9.90. The third kappa shape index (κ3) is 9.11. The summed E-state index contributed by atoms with van der Waals surface area (Å²) in [6, 6.07) is 4.80. The number of rotatable bonds is 7. The molecule has 130 valence electrons. The molecule has 0 radical (unpaired) electrons. The Morgan fingerprint density at radius 1 is 1.26 bits per heavy atom. The van der Waals surface area contributed by atoms with E-state index in [0.29, 0.717) is 25.1 Å². The number of guanidine groups is 1. The predicted molar refractivity (Wildman–Crippen MR) is 100 cm³/mol. The van der Waals surface area contributed by atoms with Gasteiger partial charge in [-0.1, -0.05) is 0 Å². The predicted octanol–water partition coefficient (Wildman–Crippen LogP) is 1.07. The highest BCUT2D eigenvalue weighted by molar-refractivity contribution is 8.93. The molecule has 7 N–H and O–H groups in total. The van der Waals surface area contributed by atoms with Crippen LogP contribution in [0.2, 0.25) is 0 Å². The van der Waals surface area contributed by atoms with E-state index in [0.717, 1.165) is 0 Å². The third-order valence-corrected chi connectivity index (χ3v) is 2.65. The van der Waals surface area contributed by atoms with Gasteiger partial charge in [-0.05, 0) is 25.0 Å². The van der Waals surface area contributed by atoms with Crippen molar-refractivity contribution in [2.45, 2.75) is 18.9 Å². The summed E-state index contributed by atoms with van der Waals surface area (Å²) < 4.78 is 0. The molecule has 11 heteroatoms. The second-order valence-corrected chi connectivity index (χ2v) is 4.35. The molecule has 23 heavy (non-hydrogen) atoms. The Morgan fingerprint density at radius 3 is 2.30 bits per heavy atom. The van der Waals surface area contributed by atoms with Crippen LogP contribution in [-0.4, -0.2) is 29.4 Å². The van der Waals surface area contributed by atoms with Crippen LogP contribution in [0.1, 0.15) is 12.8 Å². The van der Waals surface area contributed by atoms with Crippen LogP contribution in [0.4, 0.5) is 11.4 Å². The minimum absolute atomic E-state index is 0. The number of carbonyl (C=O) groups is 1. The first-order valence-electron chi connectivity index (χ1n) is 6.26. The number of hydrogen-bond donors (Lipinski definition) is 4. The van der Waals surface area contributed by atoms with E-state index in [9.17, 15) is 14.9 Å². The monoisotopic (exact) mass is 454 g/mol. The lowest BCUT2D eigenvalue weighted by atomic mass is 10.1. The first-order valence-corrected chi connectivity index (χ1v) is 6.26. The minimum atomic E-state index is -0.700. The lowest BCUT2D eigenvalue weighted by Gasteiger charge is -2.11. The number of nitro groups is 1. The molecule has 0 bridgehead atoms. The number of nitro benzene ring substituents is 1. The summed E-state index contributed by atoms with van der Waals surface area (Å²) in [5.41, 5.74) is 16.5. The highest BCUT2D eigenvalue weighted by Crippen LogP contribution is 2.15. The second kappa shape index (κ2) is 11.8. The van der Waals surface area contributed by atoms with Crippen molar-refractivity contribution in [1.82, 2.24) is 0 Å². The lowest BCUT2D eigenvalue weighted by Crippen LogP contribution is -2.35. The number of nitrogens with two attached hydrogens (primary N) is 3. The zero-order valence-corrected chi connectivity index (χ0v) is 15.6. The summed E-state index contributed by atoms with van der Waals surface area (Å²) in [4.78, 5) is 25.6. The van der Waals surface area contributed by atoms with E-state index >= 15 is 0 Å². The molecular formula is C12H20Br2N6O3. The number of nitrogens with one attached hydrogen (secondary N) is 1. The Bertz CT molecular complexity index is 534. The maximum atomic E-state index is 11.8. The molecule has 0 aliphatic carbocycles. The maximum Gasteiger partial charge on any atom is 0.269 e. The highest BCUT2D eigenvalue weighted by atomic mass is 79.9. The van der Waals surface area contributed by atoms with E-state index in [2.05, 4.69) is 10.3 Å². The van der Waals surface area contributed by atoms with Crippen LogP contribution in [0.25, 0.3) is 0 Å². The second-order valence-electron chi connectivity index (χ2n) is 4.35. The molecule has 1 aromatic rings. The minimum Gasteiger partial charge on any atom is -0.370 e. The molecule has 1 amide bonds. The largest absolute Gasteiger partial charge is 0.370 e. The van der Waals surface area contributed by atoms with Crippen LogP contribution in [-0.2, 0) is 4.79 Å². The molecular weight excluding hydrogens is 436 g/mol. The quantitative estimate of drug-likeness (QED) is 0.158. The molecule has 0 aliphatic heterocycles. The van der Waals surface area contributed by atoms with Crippen molar-refractivity contribution < 1.29 is 9.72 Å². The van der Waals surface area contributed by atoms with Crippen LogP contribution in [0, 0.1) is 10.1 Å². The Morgan fingerprint density at radius 2 is 1.83 bits per heavy atom. The number of amides is 1. The molecule has 1 rings (SSSR count). The summed E-state index contributed by atoms with van der Waals surface area (Å²) in [6.07, 6.45) is 1.00. The fraction of sp³-hybridized carbons (Fsp3) is 0.333. The molecule has 1 unspecified atom stereocenters. The van der Waals surface area contributed by atoms with Crippen molar-refractivity contribution in [2.75, 3.05) is 11.9 Å². The average molecular weight is 456 g/mol. The summed E-state index contributed by atoms with van der Waals surface area (Å²) in [5.74, 6) is -0.368. The van der Waals surface area contributed by atoms with Crippen LogP contribution in [0.3, 0.4) is 0 Å². The van der Waals surface area contributed by atoms with Crippen molar-refractivity contribution >= 4 is 57.2 Å². The highest BCUT2D eigenvalue weighted by Gasteiger charge is 2.13. The van der Waals surface area contributed by atoms with Crippen LogP contribution in [0.15, 0.2) is 29.3 Å². The molecule has 0 heterocycles. The number of anilines is 1. The average Bonchev–Trinajstić information content (AvgIpc) is 2.43. The van der Waals surface area contributed by atoms with Gasteiger partial charge in [-0.15, -0.1) is 34.0 Å². The summed E-state index contributed by atoms with van der Waals surface area (Å²) >= 11 is 0. The van der Waals surface area contributed by atoms with Gasteiger partial charge in [-0.2, -0.15) is 0 Å². The van der Waals surface area contributed by atoms with Gasteiger partial charge in [0.25, 0.3) is 5.69 Å². The van der Waals surface area contributed by atoms with Gasteiger partial charge in [-0.3, -0.25) is 19.9 Å². The maximum absolute atomic E-state index is 11.8. The van der Waals surface area contributed by atoms with Crippen molar-refractivity contribution in [3.63, 3.8) is 0 Å². The fourth-order valence-electron chi connectivity index (χ4n) is 1.55. The number of benzene rings is 1. The van der Waals surface area contributed by atoms with Crippen molar-refractivity contribution in [3.8, 4) is 0 Å². The molecule has 1 aromatic carbocycles. The number of non-ortho nitro benzene ring substituents is 1. The topological polar surface area (TPSA) is 163 Å². The van der Waals surface area contributed by atoms with Crippen molar-refractivity contribution in [3.05, 3.63) is 34.4 Å². The van der Waals surface area contributed by atoms with Gasteiger partial charge in [0.1, 0.15) is 0 Å². The van der Waals surface area contributed by atoms with Gasteiger partial charge in [0, 0.05) is 24.4 Å². The molecule has 0 fully saturated rings. The zero-order chi connectivity index (χ0) is 15.8. The van der Waals surface area contributed by atoms with E-state index in [-0.39, 0.29) is 51.5 Å². The van der Waals surface area contributed by atoms with Crippen LogP contribution in [0.5, 0.6) is 0 Å². The Labute approximate surface area is 154 Å². The fourth-order valence-corrected chi connectivity index (χ4v) is 1.55. The molecule has 0 saturated carbocycles. The van der Waals surface area contributed by atoms with Crippen LogP contribution >= 0.6 is 34.0 Å². The Kier molecular flexibility index (Phi) is 12.1. The first kappa shape index (κ1) is 23.5. The van der Waals surface area contributed by atoms with E-state index in [1.54, 1.807) is 0 Å². The van der Waals surface area contributed by atoms with E-state index in [1.165, 1.54) is 24.3 Å². The molecule has 9 nitrogen and oxygen atoms in total. The number of aliphatic imine (C=N–C) groups is 1. The SMILES string of the molecule is Br.Br.NC(N)=NCCCC(N)C(=O)Nc1ccc([N+](=O)[O-])cc1. The van der Waals surface area contributed by atoms with E-state index in [4.69, 9.17) is 17.2 Å². The number of hydrogen-bond acceptors (Lipinski definition) is 5. The zero-order valence-electron chi connectivity index (χ0n) is 12.2. The van der Waals surface area contributed by atoms with Crippen molar-refractivity contribution in [1.29, 1.82) is 0 Å². The molecule has 0 aliphatic rings. The molecule has 0 spiro atoms. The lowest BCUT2D eigenvalue weighted by molar-refractivity contribution is -0.384.